The van der Waals surface area contributed by atoms with Crippen molar-refractivity contribution >= 4 is 10.1 Å². The van der Waals surface area contributed by atoms with E-state index >= 15 is 0 Å². The van der Waals surface area contributed by atoms with Crippen molar-refractivity contribution in [2.24, 2.45) is 0 Å². The van der Waals surface area contributed by atoms with Crippen LogP contribution in [0.5, 0.6) is 5.75 Å². The molecular weight excluding hydrogens is 304 g/mol. The van der Waals surface area contributed by atoms with E-state index < -0.39 is 10.1 Å². The molecule has 0 saturated heterocycles. The zero-order valence-corrected chi connectivity index (χ0v) is 14.1. The minimum Gasteiger partial charge on any atom is -0.491 e. The first-order valence-corrected chi connectivity index (χ1v) is 9.29. The molecule has 0 fully saturated rings. The molecule has 0 saturated carbocycles. The first kappa shape index (κ1) is 18.9. The van der Waals surface area contributed by atoms with E-state index in [0.29, 0.717) is 38.6 Å². The third-order valence-corrected chi connectivity index (χ3v) is 4.30. The molecule has 126 valence electrons. The molecule has 22 heavy (non-hydrogen) atoms. The van der Waals surface area contributed by atoms with Gasteiger partial charge in [-0.3, -0.25) is 4.55 Å². The monoisotopic (exact) mass is 330 g/mol. The van der Waals surface area contributed by atoms with E-state index in [2.05, 4.69) is 26.0 Å². The molecule has 0 aliphatic rings. The normalized spacial score (nSPS) is 13.0. The molecule has 6 heteroatoms. The summed E-state index contributed by atoms with van der Waals surface area (Å²) < 4.78 is 40.5. The minimum atomic E-state index is -3.85. The summed E-state index contributed by atoms with van der Waals surface area (Å²) in [5.41, 5.74) is 1.31. The van der Waals surface area contributed by atoms with E-state index in [1.165, 1.54) is 5.56 Å². The summed E-state index contributed by atoms with van der Waals surface area (Å²) in [6, 6.07) is 8.10. The van der Waals surface area contributed by atoms with Crippen molar-refractivity contribution in [1.29, 1.82) is 0 Å². The van der Waals surface area contributed by atoms with Crippen LogP contribution in [0.1, 0.15) is 44.6 Å². The molecular formula is C16H26O5S. The van der Waals surface area contributed by atoms with Gasteiger partial charge >= 0.3 is 0 Å². The Balaban J connectivity index is 2.10. The predicted molar refractivity (Wildman–Crippen MR) is 87.1 cm³/mol. The molecule has 0 radical (unpaired) electrons. The number of unbranched alkanes of at least 4 members (excludes halogenated alkanes) is 1. The van der Waals surface area contributed by atoms with Crippen molar-refractivity contribution in [3.05, 3.63) is 29.8 Å². The third kappa shape index (κ3) is 8.36. The standard InChI is InChI=1S/C16H26O5S/c1-3-14(2)15-6-8-16(9-7-15)21-12-11-20-10-4-5-13-22(17,18)19/h6-9,14H,3-5,10-13H2,1-2H3,(H,17,18,19). The lowest BCUT2D eigenvalue weighted by Crippen LogP contribution is -2.09. The second-order valence-corrected chi connectivity index (χ2v) is 6.90. The quantitative estimate of drug-likeness (QED) is 0.498. The van der Waals surface area contributed by atoms with Crippen LogP contribution in [-0.4, -0.2) is 38.5 Å². The molecule has 1 N–H and O–H groups in total. The molecule has 1 aromatic rings. The molecule has 0 bridgehead atoms. The van der Waals surface area contributed by atoms with Crippen molar-refractivity contribution in [1.82, 2.24) is 0 Å². The molecule has 0 spiro atoms. The number of hydrogen-bond acceptors (Lipinski definition) is 4. The SMILES string of the molecule is CCC(C)c1ccc(OCCOCCCCS(=O)(=O)O)cc1. The highest BCUT2D eigenvalue weighted by atomic mass is 32.2. The van der Waals surface area contributed by atoms with Crippen molar-refractivity contribution in [2.75, 3.05) is 25.6 Å². The van der Waals surface area contributed by atoms with Crippen LogP contribution in [0.25, 0.3) is 0 Å². The summed E-state index contributed by atoms with van der Waals surface area (Å²) in [7, 11) is -3.85. The molecule has 1 rings (SSSR count). The Hall–Kier alpha value is -1.11. The first-order valence-electron chi connectivity index (χ1n) is 7.68. The van der Waals surface area contributed by atoms with Gasteiger partial charge in [0.1, 0.15) is 12.4 Å². The molecule has 0 aliphatic heterocycles. The Morgan fingerprint density at radius 1 is 1.09 bits per heavy atom. The Kier molecular flexibility index (Phi) is 8.45. The first-order chi connectivity index (χ1) is 10.4. The molecule has 1 aromatic carbocycles. The van der Waals surface area contributed by atoms with E-state index in [1.54, 1.807) is 0 Å². The van der Waals surface area contributed by atoms with Crippen LogP contribution in [0, 0.1) is 0 Å². The second-order valence-electron chi connectivity index (χ2n) is 5.33. The van der Waals surface area contributed by atoms with Crippen molar-refractivity contribution in [2.45, 2.75) is 39.0 Å². The highest BCUT2D eigenvalue weighted by Gasteiger charge is 2.04. The van der Waals surface area contributed by atoms with Gasteiger partial charge in [-0.2, -0.15) is 8.42 Å². The minimum absolute atomic E-state index is 0.213. The maximum Gasteiger partial charge on any atom is 0.264 e. The molecule has 0 aromatic heterocycles. The molecule has 0 aliphatic carbocycles. The van der Waals surface area contributed by atoms with Gasteiger partial charge in [-0.05, 0) is 42.9 Å². The maximum absolute atomic E-state index is 10.5. The summed E-state index contributed by atoms with van der Waals surface area (Å²) in [5.74, 6) is 1.16. The van der Waals surface area contributed by atoms with Gasteiger partial charge in [0.2, 0.25) is 0 Å². The number of rotatable bonds is 11. The van der Waals surface area contributed by atoms with Crippen LogP contribution in [0.2, 0.25) is 0 Å². The zero-order valence-electron chi connectivity index (χ0n) is 13.3. The van der Waals surface area contributed by atoms with Gasteiger partial charge in [0.15, 0.2) is 0 Å². The van der Waals surface area contributed by atoms with Crippen LogP contribution >= 0.6 is 0 Å². The summed E-state index contributed by atoms with van der Waals surface area (Å²) >= 11 is 0. The average molecular weight is 330 g/mol. The fourth-order valence-electron chi connectivity index (χ4n) is 1.94. The highest BCUT2D eigenvalue weighted by Crippen LogP contribution is 2.21. The molecule has 0 heterocycles. The summed E-state index contributed by atoms with van der Waals surface area (Å²) in [6.07, 6.45) is 2.12. The lowest BCUT2D eigenvalue weighted by molar-refractivity contribution is 0.0981. The summed E-state index contributed by atoms with van der Waals surface area (Å²) in [6.45, 7) is 5.75. The number of hydrogen-bond donors (Lipinski definition) is 1. The van der Waals surface area contributed by atoms with Gasteiger partial charge in [0.05, 0.1) is 12.4 Å². The van der Waals surface area contributed by atoms with Crippen molar-refractivity contribution < 1.29 is 22.4 Å². The molecule has 5 nitrogen and oxygen atoms in total. The van der Waals surface area contributed by atoms with Crippen LogP contribution in [-0.2, 0) is 14.9 Å². The van der Waals surface area contributed by atoms with Gasteiger partial charge in [0, 0.05) is 6.61 Å². The lowest BCUT2D eigenvalue weighted by atomic mass is 9.99. The van der Waals surface area contributed by atoms with E-state index in [9.17, 15) is 8.42 Å². The smallest absolute Gasteiger partial charge is 0.264 e. The van der Waals surface area contributed by atoms with Gasteiger partial charge in [-0.15, -0.1) is 0 Å². The average Bonchev–Trinajstić information content (AvgIpc) is 2.48. The van der Waals surface area contributed by atoms with Gasteiger partial charge in [-0.25, -0.2) is 0 Å². The predicted octanol–water partition coefficient (Wildman–Crippen LogP) is 3.26. The van der Waals surface area contributed by atoms with E-state index in [-0.39, 0.29) is 5.75 Å². The molecule has 1 atom stereocenters. The van der Waals surface area contributed by atoms with E-state index in [0.717, 1.165) is 12.2 Å². The highest BCUT2D eigenvalue weighted by molar-refractivity contribution is 7.85. The van der Waals surface area contributed by atoms with E-state index in [1.807, 2.05) is 12.1 Å². The number of ether oxygens (including phenoxy) is 2. The van der Waals surface area contributed by atoms with Crippen LogP contribution in [0.3, 0.4) is 0 Å². The van der Waals surface area contributed by atoms with Gasteiger partial charge in [-0.1, -0.05) is 26.0 Å². The fraction of sp³-hybridized carbons (Fsp3) is 0.625. The molecule has 0 amide bonds. The zero-order chi connectivity index (χ0) is 16.4. The number of benzene rings is 1. The largest absolute Gasteiger partial charge is 0.491 e. The van der Waals surface area contributed by atoms with Crippen molar-refractivity contribution in [3.8, 4) is 5.75 Å². The molecule has 1 unspecified atom stereocenters. The van der Waals surface area contributed by atoms with Crippen molar-refractivity contribution in [3.63, 3.8) is 0 Å². The van der Waals surface area contributed by atoms with Gasteiger partial charge < -0.3 is 9.47 Å². The summed E-state index contributed by atoms with van der Waals surface area (Å²) in [5, 5.41) is 0. The topological polar surface area (TPSA) is 72.8 Å². The van der Waals surface area contributed by atoms with Crippen LogP contribution < -0.4 is 4.74 Å². The van der Waals surface area contributed by atoms with E-state index in [4.69, 9.17) is 14.0 Å². The van der Waals surface area contributed by atoms with Crippen LogP contribution in [0.15, 0.2) is 24.3 Å². The fourth-order valence-corrected chi connectivity index (χ4v) is 2.51. The second kappa shape index (κ2) is 9.82. The Bertz CT molecular complexity index is 510. The third-order valence-electron chi connectivity index (χ3n) is 3.50. The lowest BCUT2D eigenvalue weighted by Gasteiger charge is -2.11. The Morgan fingerprint density at radius 2 is 1.77 bits per heavy atom. The van der Waals surface area contributed by atoms with Gasteiger partial charge in [0.25, 0.3) is 10.1 Å². The van der Waals surface area contributed by atoms with Crippen LogP contribution in [0.4, 0.5) is 0 Å². The Labute approximate surface area is 133 Å². The maximum atomic E-state index is 10.5. The Morgan fingerprint density at radius 3 is 2.36 bits per heavy atom. The summed E-state index contributed by atoms with van der Waals surface area (Å²) in [4.78, 5) is 0.